The molecule has 260 valence electrons. The van der Waals surface area contributed by atoms with Gasteiger partial charge in [0.25, 0.3) is 0 Å². The van der Waals surface area contributed by atoms with Gasteiger partial charge in [0.2, 0.25) is 5.91 Å². The largest absolute Gasteiger partial charge is 0.394 e. The topological polar surface area (TPSA) is 89.8 Å². The predicted molar refractivity (Wildman–Crippen MR) is 194 cm³/mol. The molecule has 0 aliphatic carbocycles. The maximum atomic E-state index is 12.4. The molecule has 0 radical (unpaired) electrons. The van der Waals surface area contributed by atoms with Crippen LogP contribution in [0.15, 0.2) is 60.8 Å². The van der Waals surface area contributed by atoms with Gasteiger partial charge in [0.05, 0.1) is 18.8 Å². The van der Waals surface area contributed by atoms with Crippen molar-refractivity contribution in [3.63, 3.8) is 0 Å². The second-order valence-electron chi connectivity index (χ2n) is 12.4. The SMILES string of the molecule is CC/C=C\C/C=C\CCCCCCCCCCCCCCCC(O)C(=O)NC(CO)C(O)/C=C/CC/C=C/CC/C=C/CCC. The van der Waals surface area contributed by atoms with Crippen molar-refractivity contribution in [2.75, 3.05) is 6.61 Å². The lowest BCUT2D eigenvalue weighted by atomic mass is 10.0. The average molecular weight is 630 g/mol. The molecule has 45 heavy (non-hydrogen) atoms. The molecule has 0 aliphatic rings. The van der Waals surface area contributed by atoms with E-state index in [9.17, 15) is 20.1 Å². The Kier molecular flexibility index (Phi) is 33.4. The maximum Gasteiger partial charge on any atom is 0.249 e. The summed E-state index contributed by atoms with van der Waals surface area (Å²) >= 11 is 0. The van der Waals surface area contributed by atoms with E-state index in [0.717, 1.165) is 64.2 Å². The number of carbonyl (C=O) groups excluding carboxylic acids is 1. The van der Waals surface area contributed by atoms with Crippen molar-refractivity contribution in [1.82, 2.24) is 5.32 Å². The first-order valence-corrected chi connectivity index (χ1v) is 18.6. The first kappa shape index (κ1) is 43.0. The van der Waals surface area contributed by atoms with Crippen LogP contribution in [0.4, 0.5) is 0 Å². The second kappa shape index (κ2) is 34.9. The second-order valence-corrected chi connectivity index (χ2v) is 12.4. The van der Waals surface area contributed by atoms with Gasteiger partial charge in [-0.3, -0.25) is 4.79 Å². The number of nitrogens with one attached hydrogen (secondary N) is 1. The molecule has 0 saturated carbocycles. The van der Waals surface area contributed by atoms with Gasteiger partial charge >= 0.3 is 0 Å². The number of aliphatic hydroxyl groups excluding tert-OH is 3. The smallest absolute Gasteiger partial charge is 0.249 e. The Morgan fingerprint density at radius 3 is 1.58 bits per heavy atom. The number of hydrogen-bond acceptors (Lipinski definition) is 4. The molecule has 0 bridgehead atoms. The highest BCUT2D eigenvalue weighted by Crippen LogP contribution is 2.14. The number of aliphatic hydroxyl groups is 3. The fourth-order valence-electron chi connectivity index (χ4n) is 5.14. The van der Waals surface area contributed by atoms with Crippen LogP contribution in [-0.4, -0.2) is 46.1 Å². The van der Waals surface area contributed by atoms with Crippen LogP contribution in [0.2, 0.25) is 0 Å². The highest BCUT2D eigenvalue weighted by atomic mass is 16.3. The Hall–Kier alpha value is -1.95. The molecule has 0 aromatic carbocycles. The summed E-state index contributed by atoms with van der Waals surface area (Å²) in [6, 6.07) is -0.820. The fraction of sp³-hybridized carbons (Fsp3) is 0.725. The molecule has 0 rings (SSSR count). The zero-order valence-corrected chi connectivity index (χ0v) is 29.2. The lowest BCUT2D eigenvalue weighted by Crippen LogP contribution is -2.48. The van der Waals surface area contributed by atoms with Crippen molar-refractivity contribution in [2.45, 2.75) is 180 Å². The van der Waals surface area contributed by atoms with Gasteiger partial charge in [-0.1, -0.05) is 158 Å². The molecule has 0 aromatic heterocycles. The number of hydrogen-bond donors (Lipinski definition) is 4. The van der Waals surface area contributed by atoms with Crippen LogP contribution in [0, 0.1) is 0 Å². The lowest BCUT2D eigenvalue weighted by molar-refractivity contribution is -0.131. The summed E-state index contributed by atoms with van der Waals surface area (Å²) < 4.78 is 0. The van der Waals surface area contributed by atoms with Gasteiger partial charge in [-0.15, -0.1) is 0 Å². The minimum Gasteiger partial charge on any atom is -0.394 e. The summed E-state index contributed by atoms with van der Waals surface area (Å²) in [4.78, 5) is 12.4. The molecule has 5 heteroatoms. The first-order chi connectivity index (χ1) is 22.1. The van der Waals surface area contributed by atoms with Crippen LogP contribution in [0.25, 0.3) is 0 Å². The van der Waals surface area contributed by atoms with Crippen LogP contribution in [0.5, 0.6) is 0 Å². The average Bonchev–Trinajstić information content (AvgIpc) is 3.04. The highest BCUT2D eigenvalue weighted by Gasteiger charge is 2.22. The number of rotatable bonds is 32. The van der Waals surface area contributed by atoms with Crippen LogP contribution in [0.1, 0.15) is 162 Å². The van der Waals surface area contributed by atoms with Crippen LogP contribution in [0.3, 0.4) is 0 Å². The molecule has 0 aliphatic heterocycles. The van der Waals surface area contributed by atoms with Gasteiger partial charge in [-0.05, 0) is 64.2 Å². The van der Waals surface area contributed by atoms with E-state index >= 15 is 0 Å². The summed E-state index contributed by atoms with van der Waals surface area (Å²) in [6.07, 6.45) is 45.3. The minimum atomic E-state index is -1.11. The van der Waals surface area contributed by atoms with Gasteiger partial charge in [-0.25, -0.2) is 0 Å². The van der Waals surface area contributed by atoms with E-state index in [1.54, 1.807) is 6.08 Å². The highest BCUT2D eigenvalue weighted by molar-refractivity contribution is 5.80. The van der Waals surface area contributed by atoms with E-state index in [4.69, 9.17) is 0 Å². The van der Waals surface area contributed by atoms with E-state index in [0.29, 0.717) is 6.42 Å². The van der Waals surface area contributed by atoms with Gasteiger partial charge in [0.15, 0.2) is 0 Å². The Bertz CT molecular complexity index is 785. The van der Waals surface area contributed by atoms with Gasteiger partial charge in [0.1, 0.15) is 6.10 Å². The quantitative estimate of drug-likeness (QED) is 0.0440. The molecule has 4 N–H and O–H groups in total. The summed E-state index contributed by atoms with van der Waals surface area (Å²) in [6.45, 7) is 3.96. The monoisotopic (exact) mass is 630 g/mol. The normalized spacial score (nSPS) is 14.5. The Labute approximate surface area is 278 Å². The molecule has 0 spiro atoms. The van der Waals surface area contributed by atoms with E-state index in [1.807, 2.05) is 6.08 Å². The van der Waals surface area contributed by atoms with Crippen molar-refractivity contribution in [1.29, 1.82) is 0 Å². The summed E-state index contributed by atoms with van der Waals surface area (Å²) in [5.74, 6) is -0.523. The van der Waals surface area contributed by atoms with E-state index < -0.39 is 24.2 Å². The third kappa shape index (κ3) is 30.5. The summed E-state index contributed by atoms with van der Waals surface area (Å²) in [5, 5.41) is 32.9. The fourth-order valence-corrected chi connectivity index (χ4v) is 5.14. The Morgan fingerprint density at radius 1 is 0.578 bits per heavy atom. The zero-order chi connectivity index (χ0) is 33.1. The molecular formula is C40H71NO4. The third-order valence-corrected chi connectivity index (χ3v) is 8.05. The number of unbranched alkanes of at least 4 members (excludes halogenated alkanes) is 16. The van der Waals surface area contributed by atoms with Crippen molar-refractivity contribution >= 4 is 5.91 Å². The van der Waals surface area contributed by atoms with Crippen molar-refractivity contribution < 1.29 is 20.1 Å². The van der Waals surface area contributed by atoms with E-state index in [-0.39, 0.29) is 6.61 Å². The van der Waals surface area contributed by atoms with Crippen molar-refractivity contribution in [3.05, 3.63) is 60.8 Å². The minimum absolute atomic E-state index is 0.384. The molecule has 0 fully saturated rings. The summed E-state index contributed by atoms with van der Waals surface area (Å²) in [7, 11) is 0. The summed E-state index contributed by atoms with van der Waals surface area (Å²) in [5.41, 5.74) is 0. The molecular weight excluding hydrogens is 558 g/mol. The van der Waals surface area contributed by atoms with Gasteiger partial charge < -0.3 is 20.6 Å². The molecule has 0 saturated heterocycles. The zero-order valence-electron chi connectivity index (χ0n) is 29.2. The molecule has 0 heterocycles. The predicted octanol–water partition coefficient (Wildman–Crippen LogP) is 9.98. The van der Waals surface area contributed by atoms with Gasteiger partial charge in [-0.2, -0.15) is 0 Å². The maximum absolute atomic E-state index is 12.4. The van der Waals surface area contributed by atoms with E-state index in [1.165, 1.54) is 77.0 Å². The molecule has 1 amide bonds. The standard InChI is InChI=1S/C40H71NO4/c1-3-5-7-9-11-13-15-16-17-18-19-20-21-22-23-25-27-29-31-33-35-39(44)40(45)41-37(36-42)38(43)34-32-30-28-26-24-14-12-10-8-6-4-2/h5,7-8,10-11,13,24,26,32,34,37-39,42-44H,3-4,6,9,12,14-23,25,27-31,33,35-36H2,1-2H3,(H,41,45)/b7-5-,10-8+,13-11-,26-24+,34-32+. The van der Waals surface area contributed by atoms with Crippen molar-refractivity contribution in [2.24, 2.45) is 0 Å². The Balaban J connectivity index is 3.73. The molecule has 0 aromatic rings. The van der Waals surface area contributed by atoms with Crippen molar-refractivity contribution in [3.8, 4) is 0 Å². The van der Waals surface area contributed by atoms with E-state index in [2.05, 4.69) is 67.8 Å². The Morgan fingerprint density at radius 2 is 1.04 bits per heavy atom. The number of allylic oxidation sites excluding steroid dienone is 9. The number of amides is 1. The number of carbonyl (C=O) groups is 1. The van der Waals surface area contributed by atoms with Crippen LogP contribution in [-0.2, 0) is 4.79 Å². The molecule has 3 atom stereocenters. The van der Waals surface area contributed by atoms with Crippen LogP contribution < -0.4 is 5.32 Å². The lowest BCUT2D eigenvalue weighted by Gasteiger charge is -2.21. The van der Waals surface area contributed by atoms with Gasteiger partial charge in [0, 0.05) is 0 Å². The molecule has 3 unspecified atom stereocenters. The molecule has 5 nitrogen and oxygen atoms in total. The van der Waals surface area contributed by atoms with Crippen LogP contribution >= 0.6 is 0 Å². The third-order valence-electron chi connectivity index (χ3n) is 8.05. The first-order valence-electron chi connectivity index (χ1n) is 18.6.